The monoisotopic (exact) mass is 348 g/mol. The molecule has 128 valence electrons. The van der Waals surface area contributed by atoms with E-state index in [2.05, 4.69) is 26.8 Å². The van der Waals surface area contributed by atoms with Crippen molar-refractivity contribution in [3.05, 3.63) is 30.5 Å². The van der Waals surface area contributed by atoms with Crippen molar-refractivity contribution in [2.75, 3.05) is 30.3 Å². The van der Waals surface area contributed by atoms with Gasteiger partial charge in [-0.15, -0.1) is 0 Å². The number of nitrogens with zero attached hydrogens (tertiary/aromatic N) is 4. The van der Waals surface area contributed by atoms with Crippen LogP contribution in [0.4, 0.5) is 16.0 Å². The molecule has 8 heteroatoms. The molecule has 3 rings (SSSR count). The van der Waals surface area contributed by atoms with E-state index in [1.54, 1.807) is 12.3 Å². The fourth-order valence-corrected chi connectivity index (χ4v) is 3.39. The SMILES string of the molecule is CC1(CN)CCN(c2cnc(Sc3ccncc3F)c(N)n2)CC1. The minimum atomic E-state index is -0.398. The second-order valence-electron chi connectivity index (χ2n) is 6.33. The topological polar surface area (TPSA) is 94.0 Å². The Balaban J connectivity index is 1.73. The van der Waals surface area contributed by atoms with Crippen LogP contribution in [0.2, 0.25) is 0 Å². The molecule has 0 aromatic carbocycles. The van der Waals surface area contributed by atoms with Crippen molar-refractivity contribution in [3.8, 4) is 0 Å². The highest BCUT2D eigenvalue weighted by Crippen LogP contribution is 2.34. The average Bonchev–Trinajstić information content (AvgIpc) is 2.59. The molecule has 2 aromatic rings. The minimum Gasteiger partial charge on any atom is -0.381 e. The first-order valence-corrected chi connectivity index (χ1v) is 8.67. The van der Waals surface area contributed by atoms with Gasteiger partial charge < -0.3 is 16.4 Å². The van der Waals surface area contributed by atoms with Crippen molar-refractivity contribution < 1.29 is 4.39 Å². The smallest absolute Gasteiger partial charge is 0.158 e. The van der Waals surface area contributed by atoms with Crippen LogP contribution in [0.25, 0.3) is 0 Å². The summed E-state index contributed by atoms with van der Waals surface area (Å²) in [4.78, 5) is 15.1. The second-order valence-corrected chi connectivity index (χ2v) is 7.36. The molecule has 1 aliphatic heterocycles. The normalized spacial score (nSPS) is 17.0. The lowest BCUT2D eigenvalue weighted by Crippen LogP contribution is -2.42. The molecule has 1 saturated heterocycles. The highest BCUT2D eigenvalue weighted by atomic mass is 32.2. The van der Waals surface area contributed by atoms with Gasteiger partial charge in [0.25, 0.3) is 0 Å². The Hall–Kier alpha value is -1.93. The molecule has 1 fully saturated rings. The maximum atomic E-state index is 13.7. The van der Waals surface area contributed by atoms with Crippen molar-refractivity contribution in [1.29, 1.82) is 0 Å². The molecule has 0 unspecified atom stereocenters. The van der Waals surface area contributed by atoms with E-state index in [-0.39, 0.29) is 5.41 Å². The first-order chi connectivity index (χ1) is 11.5. The molecule has 2 aromatic heterocycles. The molecule has 24 heavy (non-hydrogen) atoms. The zero-order chi connectivity index (χ0) is 17.2. The van der Waals surface area contributed by atoms with Gasteiger partial charge >= 0.3 is 0 Å². The highest BCUT2D eigenvalue weighted by molar-refractivity contribution is 7.99. The molecule has 0 bridgehead atoms. The molecule has 0 amide bonds. The third-order valence-corrected chi connectivity index (χ3v) is 5.54. The second kappa shape index (κ2) is 6.90. The Kier molecular flexibility index (Phi) is 4.86. The molecule has 0 radical (unpaired) electrons. The van der Waals surface area contributed by atoms with Gasteiger partial charge in [0, 0.05) is 19.3 Å². The molecule has 4 N–H and O–H groups in total. The first-order valence-electron chi connectivity index (χ1n) is 7.86. The van der Waals surface area contributed by atoms with E-state index >= 15 is 0 Å². The van der Waals surface area contributed by atoms with Crippen LogP contribution in [-0.2, 0) is 0 Å². The van der Waals surface area contributed by atoms with Gasteiger partial charge in [0.1, 0.15) is 10.8 Å². The maximum Gasteiger partial charge on any atom is 0.158 e. The number of aromatic nitrogens is 3. The Bertz CT molecular complexity index is 717. The first kappa shape index (κ1) is 16.9. The Morgan fingerprint density at radius 2 is 2.08 bits per heavy atom. The number of nitrogens with two attached hydrogens (primary N) is 2. The fourth-order valence-electron chi connectivity index (χ4n) is 2.64. The molecule has 0 atom stereocenters. The van der Waals surface area contributed by atoms with Crippen LogP contribution in [0.15, 0.2) is 34.6 Å². The molecule has 6 nitrogen and oxygen atoms in total. The van der Waals surface area contributed by atoms with E-state index in [1.165, 1.54) is 12.4 Å². The highest BCUT2D eigenvalue weighted by Gasteiger charge is 2.29. The van der Waals surface area contributed by atoms with Gasteiger partial charge in [0.15, 0.2) is 11.6 Å². The number of nitrogen functional groups attached to an aromatic ring is 1. The van der Waals surface area contributed by atoms with Crippen molar-refractivity contribution >= 4 is 23.4 Å². The Labute approximate surface area is 144 Å². The van der Waals surface area contributed by atoms with Crippen molar-refractivity contribution in [3.63, 3.8) is 0 Å². The van der Waals surface area contributed by atoms with E-state index in [9.17, 15) is 4.39 Å². The molecular weight excluding hydrogens is 327 g/mol. The zero-order valence-electron chi connectivity index (χ0n) is 13.6. The van der Waals surface area contributed by atoms with Gasteiger partial charge in [0.2, 0.25) is 0 Å². The van der Waals surface area contributed by atoms with E-state index in [1.807, 2.05) is 0 Å². The molecule has 1 aliphatic rings. The van der Waals surface area contributed by atoms with Crippen molar-refractivity contribution in [2.24, 2.45) is 11.1 Å². The summed E-state index contributed by atoms with van der Waals surface area (Å²) >= 11 is 1.15. The van der Waals surface area contributed by atoms with Crippen LogP contribution < -0.4 is 16.4 Å². The summed E-state index contributed by atoms with van der Waals surface area (Å²) in [5, 5.41) is 0.493. The van der Waals surface area contributed by atoms with Gasteiger partial charge in [0.05, 0.1) is 17.3 Å². The fraction of sp³-hybridized carbons (Fsp3) is 0.438. The van der Waals surface area contributed by atoms with E-state index < -0.39 is 5.82 Å². The van der Waals surface area contributed by atoms with Crippen LogP contribution in [0.3, 0.4) is 0 Å². The largest absolute Gasteiger partial charge is 0.381 e. The molecule has 0 aliphatic carbocycles. The predicted molar refractivity (Wildman–Crippen MR) is 93.4 cm³/mol. The number of anilines is 2. The lowest BCUT2D eigenvalue weighted by molar-refractivity contribution is 0.258. The van der Waals surface area contributed by atoms with Crippen molar-refractivity contribution in [2.45, 2.75) is 29.7 Å². The van der Waals surface area contributed by atoms with Crippen molar-refractivity contribution in [1.82, 2.24) is 15.0 Å². The van der Waals surface area contributed by atoms with Gasteiger partial charge in [-0.25, -0.2) is 14.4 Å². The molecule has 0 spiro atoms. The summed E-state index contributed by atoms with van der Waals surface area (Å²) in [5.74, 6) is 0.664. The zero-order valence-corrected chi connectivity index (χ0v) is 14.4. The average molecular weight is 348 g/mol. The predicted octanol–water partition coefficient (Wildman–Crippen LogP) is 2.31. The third-order valence-electron chi connectivity index (χ3n) is 4.48. The van der Waals surface area contributed by atoms with E-state index in [0.717, 1.165) is 43.5 Å². The minimum absolute atomic E-state index is 0.199. The summed E-state index contributed by atoms with van der Waals surface area (Å²) in [6.45, 7) is 4.68. The number of hydrogen-bond donors (Lipinski definition) is 2. The molecule has 3 heterocycles. The summed E-state index contributed by atoms with van der Waals surface area (Å²) < 4.78 is 13.7. The van der Waals surface area contributed by atoms with Gasteiger partial charge in [-0.3, -0.25) is 4.98 Å². The van der Waals surface area contributed by atoms with Crippen LogP contribution in [0, 0.1) is 11.2 Å². The lowest BCUT2D eigenvalue weighted by Gasteiger charge is -2.39. The Morgan fingerprint density at radius 3 is 2.71 bits per heavy atom. The Morgan fingerprint density at radius 1 is 1.33 bits per heavy atom. The molecule has 0 saturated carbocycles. The van der Waals surface area contributed by atoms with Crippen LogP contribution >= 0.6 is 11.8 Å². The summed E-state index contributed by atoms with van der Waals surface area (Å²) in [7, 11) is 0. The van der Waals surface area contributed by atoms with Crippen LogP contribution in [0.1, 0.15) is 19.8 Å². The summed E-state index contributed by atoms with van der Waals surface area (Å²) in [6, 6.07) is 1.59. The lowest BCUT2D eigenvalue weighted by atomic mass is 9.80. The van der Waals surface area contributed by atoms with Crippen LogP contribution in [0.5, 0.6) is 0 Å². The summed E-state index contributed by atoms with van der Waals surface area (Å²) in [6.07, 6.45) is 6.44. The standard InChI is InChI=1S/C16H21FN6S/c1-16(10-18)3-6-23(7-4-16)13-9-21-15(14(19)22-13)24-12-2-5-20-8-11(12)17/h2,5,8-9H,3-4,6-7,10,18H2,1H3,(H2,19,22). The number of halogens is 1. The number of pyridine rings is 1. The number of rotatable bonds is 4. The van der Waals surface area contributed by atoms with E-state index in [4.69, 9.17) is 11.5 Å². The third kappa shape index (κ3) is 3.59. The summed E-state index contributed by atoms with van der Waals surface area (Å²) in [5.41, 5.74) is 12.1. The van der Waals surface area contributed by atoms with Crippen LogP contribution in [-0.4, -0.2) is 34.6 Å². The van der Waals surface area contributed by atoms with E-state index in [0.29, 0.717) is 22.3 Å². The van der Waals surface area contributed by atoms with Gasteiger partial charge in [-0.05, 0) is 30.9 Å². The number of hydrogen-bond acceptors (Lipinski definition) is 7. The molecular formula is C16H21FN6S. The van der Waals surface area contributed by atoms with Gasteiger partial charge in [-0.1, -0.05) is 18.7 Å². The number of piperidine rings is 1. The van der Waals surface area contributed by atoms with Gasteiger partial charge in [-0.2, -0.15) is 0 Å². The maximum absolute atomic E-state index is 13.7. The quantitative estimate of drug-likeness (QED) is 0.875.